The normalized spacial score (nSPS) is 13.6. The Morgan fingerprint density at radius 2 is 1.84 bits per heavy atom. The molecule has 0 aliphatic carbocycles. The fraction of sp³-hybridized carbons (Fsp3) is 0.143. The molecule has 0 aromatic heterocycles. The van der Waals surface area contributed by atoms with Crippen LogP contribution >= 0.6 is 0 Å². The van der Waals surface area contributed by atoms with Gasteiger partial charge in [0.05, 0.1) is 23.9 Å². The number of nitrogens with zero attached hydrogens (tertiary/aromatic N) is 3. The second kappa shape index (κ2) is 4.40. The maximum absolute atomic E-state index is 11.7. The Bertz CT molecular complexity index is 700. The molecule has 2 rings (SSSR count). The van der Waals surface area contributed by atoms with Crippen molar-refractivity contribution in [2.24, 2.45) is 0 Å². The van der Waals surface area contributed by atoms with Crippen molar-refractivity contribution in [1.82, 2.24) is 0 Å². The minimum absolute atomic E-state index is 0.206. The Morgan fingerprint density at radius 1 is 1.26 bits per heavy atom. The van der Waals surface area contributed by atoms with Gasteiger partial charge in [-0.25, -0.2) is 9.74 Å². The van der Waals surface area contributed by atoms with E-state index in [1.807, 2.05) is 6.07 Å². The third-order valence-corrected chi connectivity index (χ3v) is 3.00. The van der Waals surface area contributed by atoms with Gasteiger partial charge in [-0.1, -0.05) is 0 Å². The Balaban J connectivity index is 2.72. The summed E-state index contributed by atoms with van der Waals surface area (Å²) in [5, 5.41) is 9.16. The maximum Gasteiger partial charge on any atom is 0.258 e. The molecule has 1 heterocycles. The average Bonchev–Trinajstić information content (AvgIpc) is 2.71. The van der Waals surface area contributed by atoms with Gasteiger partial charge in [0.1, 0.15) is 0 Å². The van der Waals surface area contributed by atoms with Crippen LogP contribution < -0.4 is 4.90 Å². The summed E-state index contributed by atoms with van der Waals surface area (Å²) in [4.78, 5) is 27.7. The number of amides is 2. The van der Waals surface area contributed by atoms with Crippen molar-refractivity contribution in [1.29, 1.82) is 5.26 Å². The summed E-state index contributed by atoms with van der Waals surface area (Å²) in [7, 11) is 0. The monoisotopic (exact) mass is 251 g/mol. The van der Waals surface area contributed by atoms with Gasteiger partial charge in [-0.15, -0.1) is 0 Å². The van der Waals surface area contributed by atoms with Crippen LogP contribution in [0.2, 0.25) is 0 Å². The zero-order chi connectivity index (χ0) is 14.2. The van der Waals surface area contributed by atoms with E-state index in [2.05, 4.69) is 4.85 Å². The fourth-order valence-corrected chi connectivity index (χ4v) is 2.04. The maximum atomic E-state index is 11.7. The fourth-order valence-electron chi connectivity index (χ4n) is 2.04. The van der Waals surface area contributed by atoms with E-state index >= 15 is 0 Å². The highest BCUT2D eigenvalue weighted by Crippen LogP contribution is 2.35. The first-order chi connectivity index (χ1) is 9.01. The first-order valence-corrected chi connectivity index (χ1v) is 5.49. The molecule has 0 bridgehead atoms. The SMILES string of the molecule is [C-]#[N+]c1c(C)cc(N2C(=O)C=CC2=O)c(C)c1C#N. The van der Waals surface area contributed by atoms with Crippen LogP contribution in [0.5, 0.6) is 0 Å². The highest BCUT2D eigenvalue weighted by molar-refractivity contribution is 6.28. The van der Waals surface area contributed by atoms with E-state index in [0.29, 0.717) is 16.8 Å². The quantitative estimate of drug-likeness (QED) is 0.567. The molecule has 0 unspecified atom stereocenters. The largest absolute Gasteiger partial charge is 0.269 e. The number of hydrogen-bond donors (Lipinski definition) is 0. The van der Waals surface area contributed by atoms with Crippen molar-refractivity contribution in [3.8, 4) is 6.07 Å². The van der Waals surface area contributed by atoms with Crippen LogP contribution in [-0.4, -0.2) is 11.8 Å². The number of imide groups is 1. The van der Waals surface area contributed by atoms with Crippen molar-refractivity contribution in [3.05, 3.63) is 46.3 Å². The third-order valence-electron chi connectivity index (χ3n) is 3.00. The van der Waals surface area contributed by atoms with Gasteiger partial charge in [-0.05, 0) is 31.0 Å². The topological polar surface area (TPSA) is 65.5 Å². The summed E-state index contributed by atoms with van der Waals surface area (Å²) in [5.41, 5.74) is 1.86. The molecule has 0 radical (unpaired) electrons. The van der Waals surface area contributed by atoms with Crippen molar-refractivity contribution in [2.45, 2.75) is 13.8 Å². The molecule has 1 aliphatic heterocycles. The molecule has 1 aromatic rings. The Kier molecular flexibility index (Phi) is 2.90. The lowest BCUT2D eigenvalue weighted by atomic mass is 10.0. The van der Waals surface area contributed by atoms with Gasteiger partial charge in [0, 0.05) is 12.2 Å². The van der Waals surface area contributed by atoms with Crippen LogP contribution in [0.15, 0.2) is 18.2 Å². The zero-order valence-electron chi connectivity index (χ0n) is 10.4. The molecule has 0 saturated carbocycles. The first-order valence-electron chi connectivity index (χ1n) is 5.49. The lowest BCUT2D eigenvalue weighted by Gasteiger charge is -2.19. The zero-order valence-corrected chi connectivity index (χ0v) is 10.4. The van der Waals surface area contributed by atoms with Crippen molar-refractivity contribution in [2.75, 3.05) is 4.90 Å². The minimum Gasteiger partial charge on any atom is -0.269 e. The van der Waals surface area contributed by atoms with E-state index in [0.717, 1.165) is 4.90 Å². The molecule has 1 aliphatic rings. The van der Waals surface area contributed by atoms with E-state index in [4.69, 9.17) is 11.8 Å². The highest BCUT2D eigenvalue weighted by atomic mass is 16.2. The predicted molar refractivity (Wildman–Crippen MR) is 68.5 cm³/mol. The Morgan fingerprint density at radius 3 is 2.32 bits per heavy atom. The number of aryl methyl sites for hydroxylation is 1. The second-order valence-electron chi connectivity index (χ2n) is 4.13. The molecule has 0 fully saturated rings. The van der Waals surface area contributed by atoms with Gasteiger partial charge in [-0.2, -0.15) is 5.26 Å². The lowest BCUT2D eigenvalue weighted by Crippen LogP contribution is -2.30. The van der Waals surface area contributed by atoms with Crippen molar-refractivity contribution < 1.29 is 9.59 Å². The standard InChI is InChI=1S/C14H9N3O2/c1-8-6-11(17-12(18)4-5-13(17)19)9(2)10(7-15)14(8)16-3/h4-6H,1-2H3. The summed E-state index contributed by atoms with van der Waals surface area (Å²) in [5.74, 6) is -0.876. The summed E-state index contributed by atoms with van der Waals surface area (Å²) in [6, 6.07) is 3.56. The van der Waals surface area contributed by atoms with E-state index in [9.17, 15) is 9.59 Å². The van der Waals surface area contributed by atoms with Gasteiger partial charge in [0.15, 0.2) is 0 Å². The Hall–Kier alpha value is -2.92. The van der Waals surface area contributed by atoms with Gasteiger partial charge in [-0.3, -0.25) is 9.59 Å². The van der Waals surface area contributed by atoms with E-state index in [1.165, 1.54) is 12.2 Å². The van der Waals surface area contributed by atoms with Gasteiger partial charge in [0.25, 0.3) is 11.8 Å². The van der Waals surface area contributed by atoms with Crippen LogP contribution in [0.1, 0.15) is 16.7 Å². The first kappa shape index (κ1) is 12.5. The molecular formula is C14H9N3O2. The van der Waals surface area contributed by atoms with Gasteiger partial charge >= 0.3 is 0 Å². The van der Waals surface area contributed by atoms with E-state index < -0.39 is 11.8 Å². The van der Waals surface area contributed by atoms with Gasteiger partial charge in [0.2, 0.25) is 5.69 Å². The summed E-state index contributed by atoms with van der Waals surface area (Å²) < 4.78 is 0. The molecular weight excluding hydrogens is 242 g/mol. The van der Waals surface area contributed by atoms with Crippen LogP contribution in [0, 0.1) is 31.8 Å². The van der Waals surface area contributed by atoms with Crippen LogP contribution in [0.3, 0.4) is 0 Å². The number of benzene rings is 1. The molecule has 5 nitrogen and oxygen atoms in total. The number of carbonyl (C=O) groups excluding carboxylic acids is 2. The molecule has 0 spiro atoms. The molecule has 19 heavy (non-hydrogen) atoms. The molecule has 2 amide bonds. The van der Waals surface area contributed by atoms with Gasteiger partial charge < -0.3 is 0 Å². The molecule has 92 valence electrons. The van der Waals surface area contributed by atoms with Crippen molar-refractivity contribution in [3.63, 3.8) is 0 Å². The second-order valence-corrected chi connectivity index (χ2v) is 4.13. The van der Waals surface area contributed by atoms with Crippen LogP contribution in [0.4, 0.5) is 11.4 Å². The van der Waals surface area contributed by atoms with Crippen LogP contribution in [0.25, 0.3) is 4.85 Å². The number of nitriles is 1. The minimum atomic E-state index is -0.438. The number of hydrogen-bond acceptors (Lipinski definition) is 3. The molecule has 5 heteroatoms. The molecule has 1 aromatic carbocycles. The molecule has 0 atom stereocenters. The molecule has 0 saturated heterocycles. The van der Waals surface area contributed by atoms with E-state index in [-0.39, 0.29) is 11.3 Å². The number of anilines is 1. The molecule has 0 N–H and O–H groups in total. The average molecular weight is 251 g/mol. The smallest absolute Gasteiger partial charge is 0.258 e. The summed E-state index contributed by atoms with van der Waals surface area (Å²) in [6.45, 7) is 10.4. The summed E-state index contributed by atoms with van der Waals surface area (Å²) >= 11 is 0. The number of rotatable bonds is 1. The van der Waals surface area contributed by atoms with Crippen LogP contribution in [-0.2, 0) is 9.59 Å². The van der Waals surface area contributed by atoms with Crippen molar-refractivity contribution >= 4 is 23.2 Å². The number of carbonyl (C=O) groups is 2. The lowest BCUT2D eigenvalue weighted by molar-refractivity contribution is -0.119. The predicted octanol–water partition coefficient (Wildman–Crippen LogP) is 2.16. The highest BCUT2D eigenvalue weighted by Gasteiger charge is 2.28. The van der Waals surface area contributed by atoms with E-state index in [1.54, 1.807) is 19.9 Å². The Labute approximate surface area is 110 Å². The third kappa shape index (κ3) is 1.78. The summed E-state index contributed by atoms with van der Waals surface area (Å²) in [6.07, 6.45) is 2.37.